The fourth-order valence-electron chi connectivity index (χ4n) is 2.08. The molecule has 5 heteroatoms. The van der Waals surface area contributed by atoms with E-state index in [4.69, 9.17) is 4.52 Å². The second-order valence-corrected chi connectivity index (χ2v) is 4.69. The Morgan fingerprint density at radius 1 is 1.35 bits per heavy atom. The molecule has 1 atom stereocenters. The van der Waals surface area contributed by atoms with E-state index in [1.54, 1.807) is 13.8 Å². The topological polar surface area (TPSA) is 75.4 Å². The Morgan fingerprint density at radius 2 is 2.05 bits per heavy atom. The minimum absolute atomic E-state index is 0.142. The summed E-state index contributed by atoms with van der Waals surface area (Å²) in [6.07, 6.45) is 0.199. The molecule has 0 aliphatic heterocycles. The van der Waals surface area contributed by atoms with Gasteiger partial charge in [0.2, 0.25) is 5.91 Å². The molecule has 2 aromatic rings. The normalized spacial score (nSPS) is 12.2. The summed E-state index contributed by atoms with van der Waals surface area (Å²) in [6.45, 7) is 3.44. The first-order valence-corrected chi connectivity index (χ1v) is 6.48. The number of aliphatic hydroxyl groups excluding tert-OH is 1. The van der Waals surface area contributed by atoms with Gasteiger partial charge in [0.25, 0.3) is 0 Å². The summed E-state index contributed by atoms with van der Waals surface area (Å²) in [6, 6.07) is 8.98. The summed E-state index contributed by atoms with van der Waals surface area (Å²) in [5.41, 5.74) is 2.40. The van der Waals surface area contributed by atoms with Crippen molar-refractivity contribution in [2.75, 3.05) is 6.61 Å². The third-order valence-corrected chi connectivity index (χ3v) is 3.24. The number of nitrogens with zero attached hydrogens (tertiary/aromatic N) is 1. The van der Waals surface area contributed by atoms with Crippen LogP contribution in [0.1, 0.15) is 28.6 Å². The zero-order chi connectivity index (χ0) is 14.5. The quantitative estimate of drug-likeness (QED) is 0.870. The number of nitrogens with one attached hydrogen (secondary N) is 1. The van der Waals surface area contributed by atoms with Gasteiger partial charge < -0.3 is 14.9 Å². The van der Waals surface area contributed by atoms with Crippen molar-refractivity contribution in [1.29, 1.82) is 0 Å². The van der Waals surface area contributed by atoms with Gasteiger partial charge in [0, 0.05) is 5.56 Å². The SMILES string of the molecule is Cc1noc(C)c1CC(=O)N[C@H](CO)c1ccccc1. The highest BCUT2D eigenvalue weighted by Gasteiger charge is 2.17. The molecule has 0 fully saturated rings. The molecule has 2 N–H and O–H groups in total. The van der Waals surface area contributed by atoms with Crippen LogP contribution in [0.3, 0.4) is 0 Å². The molecule has 0 unspecified atom stereocenters. The number of aryl methyl sites for hydroxylation is 2. The number of aliphatic hydroxyl groups is 1. The number of hydrogen-bond acceptors (Lipinski definition) is 4. The Kier molecular flexibility index (Phi) is 4.53. The molecule has 106 valence electrons. The van der Waals surface area contributed by atoms with Gasteiger partial charge in [-0.05, 0) is 19.4 Å². The number of amides is 1. The smallest absolute Gasteiger partial charge is 0.225 e. The Bertz CT molecular complexity index is 559. The van der Waals surface area contributed by atoms with Crippen molar-refractivity contribution in [3.63, 3.8) is 0 Å². The van der Waals surface area contributed by atoms with Crippen LogP contribution in [0, 0.1) is 13.8 Å². The lowest BCUT2D eigenvalue weighted by atomic mass is 10.1. The maximum Gasteiger partial charge on any atom is 0.225 e. The van der Waals surface area contributed by atoms with Crippen LogP contribution in [0.4, 0.5) is 0 Å². The highest BCUT2D eigenvalue weighted by molar-refractivity contribution is 5.79. The molecule has 0 aliphatic rings. The number of benzene rings is 1. The molecule has 1 heterocycles. The fraction of sp³-hybridized carbons (Fsp3) is 0.333. The highest BCUT2D eigenvalue weighted by Crippen LogP contribution is 2.15. The molecule has 20 heavy (non-hydrogen) atoms. The van der Waals surface area contributed by atoms with Crippen molar-refractivity contribution < 1.29 is 14.4 Å². The van der Waals surface area contributed by atoms with Crippen LogP contribution in [-0.2, 0) is 11.2 Å². The maximum atomic E-state index is 12.1. The zero-order valence-corrected chi connectivity index (χ0v) is 11.6. The van der Waals surface area contributed by atoms with E-state index >= 15 is 0 Å². The summed E-state index contributed by atoms with van der Waals surface area (Å²) in [5.74, 6) is 0.486. The fourth-order valence-corrected chi connectivity index (χ4v) is 2.08. The predicted molar refractivity (Wildman–Crippen MR) is 74.1 cm³/mol. The standard InChI is InChI=1S/C15H18N2O3/c1-10-13(11(2)20-17-10)8-15(19)16-14(9-18)12-6-4-3-5-7-12/h3-7,14,18H,8-9H2,1-2H3,(H,16,19)/t14-/m1/s1. The van der Waals surface area contributed by atoms with Gasteiger partial charge in [0.1, 0.15) is 5.76 Å². The maximum absolute atomic E-state index is 12.1. The van der Waals surface area contributed by atoms with Gasteiger partial charge in [0.15, 0.2) is 0 Å². The van der Waals surface area contributed by atoms with Crippen molar-refractivity contribution in [2.24, 2.45) is 0 Å². The Balaban J connectivity index is 2.03. The number of hydrogen-bond donors (Lipinski definition) is 2. The minimum atomic E-state index is -0.399. The lowest BCUT2D eigenvalue weighted by molar-refractivity contribution is -0.121. The Hall–Kier alpha value is -2.14. The molecule has 0 spiro atoms. The molecule has 1 aromatic carbocycles. The van der Waals surface area contributed by atoms with E-state index in [1.807, 2.05) is 30.3 Å². The van der Waals surface area contributed by atoms with E-state index in [0.29, 0.717) is 5.76 Å². The average molecular weight is 274 g/mol. The van der Waals surface area contributed by atoms with Crippen LogP contribution in [0.25, 0.3) is 0 Å². The van der Waals surface area contributed by atoms with E-state index in [1.165, 1.54) is 0 Å². The van der Waals surface area contributed by atoms with Crippen molar-refractivity contribution in [3.05, 3.63) is 52.9 Å². The molecular formula is C15H18N2O3. The molecule has 0 saturated carbocycles. The second kappa shape index (κ2) is 6.34. The summed E-state index contributed by atoms with van der Waals surface area (Å²) >= 11 is 0. The Labute approximate surface area is 117 Å². The van der Waals surface area contributed by atoms with Crippen LogP contribution in [-0.4, -0.2) is 22.8 Å². The van der Waals surface area contributed by atoms with Crippen LogP contribution in [0.5, 0.6) is 0 Å². The molecule has 0 saturated heterocycles. The van der Waals surface area contributed by atoms with Crippen LogP contribution < -0.4 is 5.32 Å². The number of carbonyl (C=O) groups is 1. The van der Waals surface area contributed by atoms with Gasteiger partial charge in [-0.1, -0.05) is 35.5 Å². The molecule has 2 rings (SSSR count). The van der Waals surface area contributed by atoms with Gasteiger partial charge >= 0.3 is 0 Å². The molecule has 0 radical (unpaired) electrons. The average Bonchev–Trinajstić information content (AvgIpc) is 2.77. The molecule has 1 amide bonds. The van der Waals surface area contributed by atoms with E-state index in [2.05, 4.69) is 10.5 Å². The monoisotopic (exact) mass is 274 g/mol. The second-order valence-electron chi connectivity index (χ2n) is 4.69. The third-order valence-electron chi connectivity index (χ3n) is 3.24. The van der Waals surface area contributed by atoms with Crippen molar-refractivity contribution in [2.45, 2.75) is 26.3 Å². The van der Waals surface area contributed by atoms with Gasteiger partial charge in [-0.2, -0.15) is 0 Å². The first kappa shape index (κ1) is 14.3. The van der Waals surface area contributed by atoms with E-state index < -0.39 is 6.04 Å². The van der Waals surface area contributed by atoms with Crippen LogP contribution in [0.15, 0.2) is 34.9 Å². The lowest BCUT2D eigenvalue weighted by Crippen LogP contribution is -2.32. The van der Waals surface area contributed by atoms with Crippen molar-refractivity contribution in [1.82, 2.24) is 10.5 Å². The minimum Gasteiger partial charge on any atom is -0.394 e. The third kappa shape index (κ3) is 3.24. The van der Waals surface area contributed by atoms with Crippen LogP contribution in [0.2, 0.25) is 0 Å². The largest absolute Gasteiger partial charge is 0.394 e. The summed E-state index contributed by atoms with van der Waals surface area (Å²) < 4.78 is 5.03. The van der Waals surface area contributed by atoms with Gasteiger partial charge in [0.05, 0.1) is 24.8 Å². The molecular weight excluding hydrogens is 256 g/mol. The lowest BCUT2D eigenvalue weighted by Gasteiger charge is -2.16. The first-order valence-electron chi connectivity index (χ1n) is 6.48. The van der Waals surface area contributed by atoms with E-state index in [9.17, 15) is 9.90 Å². The first-order chi connectivity index (χ1) is 9.61. The van der Waals surface area contributed by atoms with Crippen LogP contribution >= 0.6 is 0 Å². The number of aromatic nitrogens is 1. The molecule has 1 aromatic heterocycles. The van der Waals surface area contributed by atoms with Gasteiger partial charge in [-0.3, -0.25) is 4.79 Å². The zero-order valence-electron chi connectivity index (χ0n) is 11.6. The Morgan fingerprint density at radius 3 is 2.60 bits per heavy atom. The van der Waals surface area contributed by atoms with E-state index in [-0.39, 0.29) is 18.9 Å². The summed E-state index contributed by atoms with van der Waals surface area (Å²) in [5, 5.41) is 16.1. The van der Waals surface area contributed by atoms with Crippen molar-refractivity contribution in [3.8, 4) is 0 Å². The van der Waals surface area contributed by atoms with E-state index in [0.717, 1.165) is 16.8 Å². The number of carbonyl (C=O) groups excluding carboxylic acids is 1. The summed E-state index contributed by atoms with van der Waals surface area (Å²) in [4.78, 5) is 12.1. The molecule has 5 nitrogen and oxygen atoms in total. The summed E-state index contributed by atoms with van der Waals surface area (Å²) in [7, 11) is 0. The van der Waals surface area contributed by atoms with Gasteiger partial charge in [-0.25, -0.2) is 0 Å². The number of rotatable bonds is 5. The van der Waals surface area contributed by atoms with Gasteiger partial charge in [-0.15, -0.1) is 0 Å². The molecule has 0 bridgehead atoms. The van der Waals surface area contributed by atoms with Crippen molar-refractivity contribution >= 4 is 5.91 Å². The predicted octanol–water partition coefficient (Wildman–Crippen LogP) is 1.68. The highest BCUT2D eigenvalue weighted by atomic mass is 16.5. The molecule has 0 aliphatic carbocycles.